The van der Waals surface area contributed by atoms with Gasteiger partial charge < -0.3 is 10.4 Å². The van der Waals surface area contributed by atoms with Gasteiger partial charge in [-0.05, 0) is 25.7 Å². The molecule has 14 heavy (non-hydrogen) atoms. The Morgan fingerprint density at radius 2 is 2.21 bits per heavy atom. The van der Waals surface area contributed by atoms with E-state index in [2.05, 4.69) is 17.9 Å². The van der Waals surface area contributed by atoms with Crippen LogP contribution in [0.1, 0.15) is 32.6 Å². The van der Waals surface area contributed by atoms with Gasteiger partial charge in [-0.2, -0.15) is 12.6 Å². The van der Waals surface area contributed by atoms with E-state index in [0.29, 0.717) is 0 Å². The normalized spacial score (nSPS) is 46.4. The molecule has 0 radical (unpaired) electrons. The Kier molecular flexibility index (Phi) is 2.52. The van der Waals surface area contributed by atoms with E-state index >= 15 is 0 Å². The number of hydrogen-bond donors (Lipinski definition) is 3. The van der Waals surface area contributed by atoms with Crippen LogP contribution in [0.4, 0.5) is 0 Å². The Bertz CT molecular complexity index is 259. The van der Waals surface area contributed by atoms with Gasteiger partial charge in [0.2, 0.25) is 5.91 Å². The van der Waals surface area contributed by atoms with Gasteiger partial charge in [-0.25, -0.2) is 0 Å². The molecule has 2 fully saturated rings. The monoisotopic (exact) mass is 215 g/mol. The zero-order valence-corrected chi connectivity index (χ0v) is 9.26. The molecule has 0 heterocycles. The summed E-state index contributed by atoms with van der Waals surface area (Å²) in [4.78, 5) is 11.0. The van der Waals surface area contributed by atoms with Crippen molar-refractivity contribution in [2.24, 2.45) is 5.92 Å². The highest BCUT2D eigenvalue weighted by molar-refractivity contribution is 7.81. The number of carbonyl (C=O) groups excluding carboxylic acids is 1. The molecular formula is C10H17NO2S. The molecule has 2 aliphatic carbocycles. The number of carbonyl (C=O) groups is 1. The van der Waals surface area contributed by atoms with Gasteiger partial charge in [0, 0.05) is 24.1 Å². The smallest absolute Gasteiger partial charge is 0.217 e. The Morgan fingerprint density at radius 1 is 1.50 bits per heavy atom. The van der Waals surface area contributed by atoms with E-state index in [1.807, 2.05) is 0 Å². The van der Waals surface area contributed by atoms with Crippen molar-refractivity contribution in [1.82, 2.24) is 5.32 Å². The average Bonchev–Trinajstić information content (AvgIpc) is 2.53. The third-order valence-corrected chi connectivity index (χ3v) is 4.41. The fourth-order valence-corrected chi connectivity index (χ4v) is 3.48. The Hall–Kier alpha value is -0.220. The highest BCUT2D eigenvalue weighted by Gasteiger charge is 2.54. The number of amides is 1. The van der Waals surface area contributed by atoms with Crippen LogP contribution in [0.5, 0.6) is 0 Å². The molecule has 4 unspecified atom stereocenters. The number of fused-ring (bicyclic) bond motifs is 1. The van der Waals surface area contributed by atoms with Crippen molar-refractivity contribution in [3.8, 4) is 0 Å². The summed E-state index contributed by atoms with van der Waals surface area (Å²) in [7, 11) is 0. The first-order valence-electron chi connectivity index (χ1n) is 5.21. The maximum atomic E-state index is 11.0. The number of aliphatic hydroxyl groups is 1. The van der Waals surface area contributed by atoms with Crippen LogP contribution >= 0.6 is 12.6 Å². The molecule has 0 bridgehead atoms. The first-order valence-corrected chi connectivity index (χ1v) is 5.73. The third-order valence-electron chi connectivity index (χ3n) is 3.70. The van der Waals surface area contributed by atoms with Gasteiger partial charge in [-0.15, -0.1) is 0 Å². The van der Waals surface area contributed by atoms with Crippen molar-refractivity contribution in [1.29, 1.82) is 0 Å². The Labute approximate surface area is 89.7 Å². The van der Waals surface area contributed by atoms with Crippen LogP contribution in [0.25, 0.3) is 0 Å². The van der Waals surface area contributed by atoms with Gasteiger partial charge in [-0.3, -0.25) is 4.79 Å². The first kappa shape index (κ1) is 10.3. The fraction of sp³-hybridized carbons (Fsp3) is 0.900. The topological polar surface area (TPSA) is 49.3 Å². The molecule has 2 rings (SSSR count). The quantitative estimate of drug-likeness (QED) is 0.565. The minimum absolute atomic E-state index is 0.00173. The zero-order valence-electron chi connectivity index (χ0n) is 8.36. The van der Waals surface area contributed by atoms with Gasteiger partial charge in [0.05, 0.1) is 5.60 Å². The zero-order chi connectivity index (χ0) is 10.3. The summed E-state index contributed by atoms with van der Waals surface area (Å²) in [5, 5.41) is 13.4. The van der Waals surface area contributed by atoms with Crippen LogP contribution in [0.15, 0.2) is 0 Å². The van der Waals surface area contributed by atoms with Gasteiger partial charge in [0.15, 0.2) is 0 Å². The first-order chi connectivity index (χ1) is 6.54. The standard InChI is InChI=1S/C10H17NO2S/c1-6(12)11-8-4-5-10(13)7(8)2-3-9(10)14/h7-9,13-14H,2-5H2,1H3,(H,11,12). The predicted molar refractivity (Wildman–Crippen MR) is 57.3 cm³/mol. The van der Waals surface area contributed by atoms with E-state index in [4.69, 9.17) is 0 Å². The van der Waals surface area contributed by atoms with E-state index in [1.165, 1.54) is 6.92 Å². The predicted octanol–water partition coefficient (Wildman–Crippen LogP) is 0.724. The van der Waals surface area contributed by atoms with Gasteiger partial charge in [0.25, 0.3) is 0 Å². The molecule has 0 aromatic rings. The van der Waals surface area contributed by atoms with Crippen molar-refractivity contribution in [3.63, 3.8) is 0 Å². The molecule has 0 aromatic heterocycles. The molecule has 0 aliphatic heterocycles. The number of rotatable bonds is 1. The number of nitrogens with one attached hydrogen (secondary N) is 1. The lowest BCUT2D eigenvalue weighted by molar-refractivity contribution is -0.120. The molecule has 0 spiro atoms. The van der Waals surface area contributed by atoms with Crippen LogP contribution in [0.3, 0.4) is 0 Å². The second-order valence-electron chi connectivity index (χ2n) is 4.54. The van der Waals surface area contributed by atoms with Gasteiger partial charge >= 0.3 is 0 Å². The van der Waals surface area contributed by atoms with Crippen molar-refractivity contribution >= 4 is 18.5 Å². The van der Waals surface area contributed by atoms with E-state index in [1.54, 1.807) is 0 Å². The minimum atomic E-state index is -0.629. The molecule has 3 nitrogen and oxygen atoms in total. The SMILES string of the molecule is CC(=O)NC1CCC2(O)C(S)CCC12. The molecule has 2 aliphatic rings. The summed E-state index contributed by atoms with van der Waals surface area (Å²) in [5.41, 5.74) is -0.629. The number of hydrogen-bond acceptors (Lipinski definition) is 3. The highest BCUT2D eigenvalue weighted by atomic mass is 32.1. The lowest BCUT2D eigenvalue weighted by Gasteiger charge is -2.28. The highest BCUT2D eigenvalue weighted by Crippen LogP contribution is 2.49. The summed E-state index contributed by atoms with van der Waals surface area (Å²) in [5.74, 6) is 0.218. The second-order valence-corrected chi connectivity index (χ2v) is 5.16. The molecule has 4 heteroatoms. The van der Waals surface area contributed by atoms with Crippen molar-refractivity contribution in [3.05, 3.63) is 0 Å². The molecular weight excluding hydrogens is 198 g/mol. The van der Waals surface area contributed by atoms with E-state index in [9.17, 15) is 9.90 Å². The summed E-state index contributed by atoms with van der Waals surface area (Å²) >= 11 is 4.42. The van der Waals surface area contributed by atoms with Crippen LogP contribution in [0.2, 0.25) is 0 Å². The molecule has 0 saturated heterocycles. The maximum absolute atomic E-state index is 11.0. The minimum Gasteiger partial charge on any atom is -0.388 e. The summed E-state index contributed by atoms with van der Waals surface area (Å²) in [6.45, 7) is 1.53. The fourth-order valence-electron chi connectivity index (χ4n) is 3.01. The van der Waals surface area contributed by atoms with Gasteiger partial charge in [0.1, 0.15) is 0 Å². The van der Waals surface area contributed by atoms with Crippen molar-refractivity contribution < 1.29 is 9.90 Å². The van der Waals surface area contributed by atoms with Crippen LogP contribution in [-0.2, 0) is 4.79 Å². The van der Waals surface area contributed by atoms with E-state index < -0.39 is 5.60 Å². The average molecular weight is 215 g/mol. The van der Waals surface area contributed by atoms with Crippen LogP contribution < -0.4 is 5.32 Å². The third kappa shape index (κ3) is 1.44. The molecule has 0 aromatic carbocycles. The summed E-state index contributed by atoms with van der Waals surface area (Å²) in [6, 6.07) is 0.162. The lowest BCUT2D eigenvalue weighted by Crippen LogP contribution is -2.43. The molecule has 1 amide bonds. The second kappa shape index (κ2) is 3.42. The van der Waals surface area contributed by atoms with Crippen molar-refractivity contribution in [2.45, 2.75) is 49.5 Å². The van der Waals surface area contributed by atoms with Crippen LogP contribution in [-0.4, -0.2) is 27.9 Å². The lowest BCUT2D eigenvalue weighted by atomic mass is 9.92. The Morgan fingerprint density at radius 3 is 2.86 bits per heavy atom. The summed E-state index contributed by atoms with van der Waals surface area (Å²) < 4.78 is 0. The van der Waals surface area contributed by atoms with Crippen LogP contribution in [0, 0.1) is 5.92 Å². The van der Waals surface area contributed by atoms with Gasteiger partial charge in [-0.1, -0.05) is 0 Å². The largest absolute Gasteiger partial charge is 0.388 e. The molecule has 2 N–H and O–H groups in total. The van der Waals surface area contributed by atoms with E-state index in [-0.39, 0.29) is 23.1 Å². The summed E-state index contributed by atoms with van der Waals surface area (Å²) in [6.07, 6.45) is 3.60. The van der Waals surface area contributed by atoms with E-state index in [0.717, 1.165) is 25.7 Å². The molecule has 2 saturated carbocycles. The number of thiol groups is 1. The van der Waals surface area contributed by atoms with Crippen molar-refractivity contribution in [2.75, 3.05) is 0 Å². The molecule has 4 atom stereocenters. The maximum Gasteiger partial charge on any atom is 0.217 e. The molecule has 80 valence electrons. The Balaban J connectivity index is 2.09.